The summed E-state index contributed by atoms with van der Waals surface area (Å²) in [6.45, 7) is 12.0. The molecular weight excluding hydrogens is 248 g/mol. The molecule has 108 valence electrons. The van der Waals surface area contributed by atoms with Crippen molar-refractivity contribution >= 4 is 0 Å². The quantitative estimate of drug-likeness (QED) is 0.782. The Bertz CT molecular complexity index is 628. The lowest BCUT2D eigenvalue weighted by molar-refractivity contribution is 0.337. The van der Waals surface area contributed by atoms with Crippen molar-refractivity contribution in [2.24, 2.45) is 0 Å². The van der Waals surface area contributed by atoms with E-state index in [4.69, 9.17) is 4.42 Å². The van der Waals surface area contributed by atoms with Crippen molar-refractivity contribution in [3.05, 3.63) is 40.9 Å². The van der Waals surface area contributed by atoms with Crippen LogP contribution in [0.4, 0.5) is 0 Å². The largest absolute Gasteiger partial charge is 0.445 e. The molecule has 3 heterocycles. The monoisotopic (exact) mass is 272 g/mol. The summed E-state index contributed by atoms with van der Waals surface area (Å²) < 4.78 is 8.46. The zero-order chi connectivity index (χ0) is 14.5. The second-order valence-electron chi connectivity index (χ2n) is 7.06. The number of aryl methyl sites for hydroxylation is 1. The molecule has 2 aromatic rings. The number of nitrogens with zero attached hydrogens (tertiary/aromatic N) is 2. The van der Waals surface area contributed by atoms with Gasteiger partial charge < -0.3 is 8.98 Å². The Kier molecular flexibility index (Phi) is 3.03. The Morgan fingerprint density at radius 1 is 1.30 bits per heavy atom. The molecule has 0 N–H and O–H groups in total. The molecule has 3 heteroatoms. The van der Waals surface area contributed by atoms with Gasteiger partial charge in [0.25, 0.3) is 0 Å². The van der Waals surface area contributed by atoms with Gasteiger partial charge >= 0.3 is 0 Å². The van der Waals surface area contributed by atoms with Crippen molar-refractivity contribution in [1.29, 1.82) is 0 Å². The zero-order valence-corrected chi connectivity index (χ0v) is 13.2. The number of hydrogen-bond donors (Lipinski definition) is 0. The van der Waals surface area contributed by atoms with Gasteiger partial charge in [-0.3, -0.25) is 0 Å². The van der Waals surface area contributed by atoms with Crippen LogP contribution in [0.25, 0.3) is 0 Å². The van der Waals surface area contributed by atoms with Gasteiger partial charge in [-0.25, -0.2) is 4.98 Å². The summed E-state index contributed by atoms with van der Waals surface area (Å²) in [7, 11) is 0. The third kappa shape index (κ3) is 2.19. The molecule has 1 aliphatic heterocycles. The molecule has 1 atom stereocenters. The number of rotatable bonds is 1. The lowest BCUT2D eigenvalue weighted by Crippen LogP contribution is -2.18. The zero-order valence-electron chi connectivity index (χ0n) is 13.2. The highest BCUT2D eigenvalue weighted by atomic mass is 16.4. The lowest BCUT2D eigenvalue weighted by atomic mass is 9.94. The highest BCUT2D eigenvalue weighted by Crippen LogP contribution is 2.33. The number of hydrogen-bond acceptors (Lipinski definition) is 2. The standard InChI is InChI=1S/C17H24N2O/c1-11-8-14-9-13(6-7-19(14)12(11)2)16-18-10-15(20-16)17(3,4)5/h8,10,13H,6-7,9H2,1-5H3. The van der Waals surface area contributed by atoms with Crippen LogP contribution in [0.2, 0.25) is 0 Å². The van der Waals surface area contributed by atoms with Crippen LogP contribution < -0.4 is 0 Å². The van der Waals surface area contributed by atoms with Gasteiger partial charge in [0, 0.05) is 29.3 Å². The van der Waals surface area contributed by atoms with Gasteiger partial charge in [-0.2, -0.15) is 0 Å². The van der Waals surface area contributed by atoms with Crippen molar-refractivity contribution < 1.29 is 4.42 Å². The van der Waals surface area contributed by atoms with E-state index in [0.717, 1.165) is 31.0 Å². The van der Waals surface area contributed by atoms with E-state index in [1.807, 2.05) is 6.20 Å². The molecule has 0 radical (unpaired) electrons. The first-order chi connectivity index (χ1) is 9.36. The summed E-state index contributed by atoms with van der Waals surface area (Å²) in [5.74, 6) is 2.32. The molecule has 1 aliphatic rings. The number of oxazole rings is 1. The molecule has 3 nitrogen and oxygen atoms in total. The number of fused-ring (bicyclic) bond motifs is 1. The predicted molar refractivity (Wildman–Crippen MR) is 80.2 cm³/mol. The molecule has 3 rings (SSSR count). The molecule has 0 aromatic carbocycles. The van der Waals surface area contributed by atoms with Crippen LogP contribution in [0, 0.1) is 13.8 Å². The Morgan fingerprint density at radius 3 is 2.70 bits per heavy atom. The molecule has 20 heavy (non-hydrogen) atoms. The molecule has 0 saturated heterocycles. The van der Waals surface area contributed by atoms with Crippen LogP contribution in [0.15, 0.2) is 16.7 Å². The molecule has 0 saturated carbocycles. The summed E-state index contributed by atoms with van der Waals surface area (Å²) in [6, 6.07) is 2.31. The van der Waals surface area contributed by atoms with Gasteiger partial charge in [-0.05, 0) is 38.3 Å². The van der Waals surface area contributed by atoms with Gasteiger partial charge in [0.05, 0.1) is 6.20 Å². The second-order valence-corrected chi connectivity index (χ2v) is 7.06. The minimum Gasteiger partial charge on any atom is -0.445 e. The van der Waals surface area contributed by atoms with E-state index in [-0.39, 0.29) is 5.41 Å². The van der Waals surface area contributed by atoms with Gasteiger partial charge in [0.2, 0.25) is 0 Å². The van der Waals surface area contributed by atoms with Gasteiger partial charge in [-0.1, -0.05) is 20.8 Å². The second kappa shape index (κ2) is 4.51. The fraction of sp³-hybridized carbons (Fsp3) is 0.588. The van der Waals surface area contributed by atoms with E-state index in [2.05, 4.69) is 50.2 Å². The first-order valence-corrected chi connectivity index (χ1v) is 7.48. The fourth-order valence-electron chi connectivity index (χ4n) is 3.01. The average molecular weight is 272 g/mol. The Labute approximate surface area is 121 Å². The van der Waals surface area contributed by atoms with Crippen LogP contribution in [0.1, 0.15) is 61.7 Å². The Morgan fingerprint density at radius 2 is 2.05 bits per heavy atom. The van der Waals surface area contributed by atoms with Crippen molar-refractivity contribution in [1.82, 2.24) is 9.55 Å². The molecule has 0 spiro atoms. The van der Waals surface area contributed by atoms with Crippen LogP contribution in [-0.4, -0.2) is 9.55 Å². The van der Waals surface area contributed by atoms with Crippen LogP contribution in [-0.2, 0) is 18.4 Å². The topological polar surface area (TPSA) is 31.0 Å². The predicted octanol–water partition coefficient (Wildman–Crippen LogP) is 4.12. The van der Waals surface area contributed by atoms with Gasteiger partial charge in [0.1, 0.15) is 5.76 Å². The molecule has 2 aromatic heterocycles. The van der Waals surface area contributed by atoms with E-state index >= 15 is 0 Å². The number of aromatic nitrogens is 2. The van der Waals surface area contributed by atoms with Crippen molar-refractivity contribution in [3.63, 3.8) is 0 Å². The highest BCUT2D eigenvalue weighted by molar-refractivity contribution is 5.28. The molecular formula is C17H24N2O. The maximum absolute atomic E-state index is 6.02. The summed E-state index contributed by atoms with van der Waals surface area (Å²) in [6.07, 6.45) is 4.06. The normalized spacial score (nSPS) is 19.1. The van der Waals surface area contributed by atoms with E-state index in [0.29, 0.717) is 5.92 Å². The molecule has 0 fully saturated rings. The van der Waals surface area contributed by atoms with Crippen molar-refractivity contribution in [2.45, 2.75) is 65.3 Å². The fourth-order valence-corrected chi connectivity index (χ4v) is 3.01. The summed E-state index contributed by atoms with van der Waals surface area (Å²) >= 11 is 0. The average Bonchev–Trinajstić information content (AvgIpc) is 2.95. The van der Waals surface area contributed by atoms with Crippen molar-refractivity contribution in [3.8, 4) is 0 Å². The smallest absolute Gasteiger partial charge is 0.197 e. The third-order valence-electron chi connectivity index (χ3n) is 4.47. The van der Waals surface area contributed by atoms with Gasteiger partial charge in [0.15, 0.2) is 5.89 Å². The van der Waals surface area contributed by atoms with Crippen molar-refractivity contribution in [2.75, 3.05) is 0 Å². The van der Waals surface area contributed by atoms with E-state index in [1.165, 1.54) is 17.0 Å². The van der Waals surface area contributed by atoms with Crippen LogP contribution in [0.5, 0.6) is 0 Å². The van der Waals surface area contributed by atoms with E-state index in [9.17, 15) is 0 Å². The molecule has 0 aliphatic carbocycles. The van der Waals surface area contributed by atoms with E-state index in [1.54, 1.807) is 0 Å². The van der Waals surface area contributed by atoms with Crippen LogP contribution in [0.3, 0.4) is 0 Å². The summed E-state index contributed by atoms with van der Waals surface area (Å²) in [4.78, 5) is 4.53. The maximum Gasteiger partial charge on any atom is 0.197 e. The summed E-state index contributed by atoms with van der Waals surface area (Å²) in [5, 5.41) is 0. The lowest BCUT2D eigenvalue weighted by Gasteiger charge is -2.23. The Hall–Kier alpha value is -1.51. The minimum absolute atomic E-state index is 0.0350. The molecule has 0 bridgehead atoms. The highest BCUT2D eigenvalue weighted by Gasteiger charge is 2.27. The minimum atomic E-state index is 0.0350. The van der Waals surface area contributed by atoms with Crippen LogP contribution >= 0.6 is 0 Å². The maximum atomic E-state index is 6.02. The molecule has 0 amide bonds. The first-order valence-electron chi connectivity index (χ1n) is 7.48. The molecule has 1 unspecified atom stereocenters. The first kappa shape index (κ1) is 13.5. The third-order valence-corrected chi connectivity index (χ3v) is 4.47. The van der Waals surface area contributed by atoms with E-state index < -0.39 is 0 Å². The summed E-state index contributed by atoms with van der Waals surface area (Å²) in [5.41, 5.74) is 4.25. The Balaban J connectivity index is 1.85. The SMILES string of the molecule is Cc1cc2n(c1C)CCC(c1ncc(C(C)(C)C)o1)C2. The van der Waals surface area contributed by atoms with Gasteiger partial charge in [-0.15, -0.1) is 0 Å².